The van der Waals surface area contributed by atoms with E-state index in [4.69, 9.17) is 9.94 Å². The minimum atomic E-state index is -1.01. The van der Waals surface area contributed by atoms with Crippen LogP contribution in [0.2, 0.25) is 0 Å². The summed E-state index contributed by atoms with van der Waals surface area (Å²) in [6, 6.07) is 7.09. The van der Waals surface area contributed by atoms with Gasteiger partial charge in [-0.15, -0.1) is 0 Å². The third-order valence-corrected chi connectivity index (χ3v) is 2.40. The van der Waals surface area contributed by atoms with Crippen molar-refractivity contribution in [2.24, 2.45) is 4.99 Å². The number of carbonyl (C=O) groups is 1. The molecule has 0 heterocycles. The van der Waals surface area contributed by atoms with Gasteiger partial charge in [0.05, 0.1) is 12.3 Å². The summed E-state index contributed by atoms with van der Waals surface area (Å²) < 4.78 is 5.49. The van der Waals surface area contributed by atoms with Crippen LogP contribution in [0.15, 0.2) is 29.3 Å². The number of aliphatic imine (C=N–C) groups is 1. The number of unbranched alkanes of at least 4 members (excludes halogenated alkanes) is 2. The zero-order valence-corrected chi connectivity index (χ0v) is 13.5. The van der Waals surface area contributed by atoms with Gasteiger partial charge >= 0.3 is 29.6 Å². The molecule has 7 heteroatoms. The first-order valence-electron chi connectivity index (χ1n) is 6.07. The Hall–Kier alpha value is -1.08. The predicted molar refractivity (Wildman–Crippen MR) is 68.5 cm³/mol. The van der Waals surface area contributed by atoms with Gasteiger partial charge in [0, 0.05) is 5.97 Å². The smallest absolute Gasteiger partial charge is 0.550 e. The van der Waals surface area contributed by atoms with Crippen molar-refractivity contribution in [3.8, 4) is 5.75 Å². The standard InChI is InChI=1S/C13H18N2O4.Na/c16-13(17)4-2-1-3-9-19-12-7-5-11(6-8-12)14-10-15-18;/h5-8,10,18H,1-4,9H2,(H,14,15)(H,16,17);/q;+1/p-1. The molecule has 2 N–H and O–H groups in total. The zero-order chi connectivity index (χ0) is 13.9. The molecular formula is C13H17N2NaO4. The summed E-state index contributed by atoms with van der Waals surface area (Å²) in [7, 11) is 0. The third-order valence-electron chi connectivity index (χ3n) is 2.40. The Morgan fingerprint density at radius 1 is 1.30 bits per heavy atom. The summed E-state index contributed by atoms with van der Waals surface area (Å²) in [6.45, 7) is 0.549. The molecule has 0 aromatic heterocycles. The molecule has 0 radical (unpaired) electrons. The van der Waals surface area contributed by atoms with Crippen molar-refractivity contribution in [1.82, 2.24) is 5.48 Å². The van der Waals surface area contributed by atoms with Crippen LogP contribution < -0.4 is 44.9 Å². The molecular weight excluding hydrogens is 271 g/mol. The van der Waals surface area contributed by atoms with Crippen LogP contribution in [0, 0.1) is 0 Å². The molecule has 0 saturated heterocycles. The van der Waals surface area contributed by atoms with Crippen LogP contribution in [-0.4, -0.2) is 24.1 Å². The molecule has 1 aromatic rings. The van der Waals surface area contributed by atoms with Crippen molar-refractivity contribution in [2.75, 3.05) is 6.61 Å². The van der Waals surface area contributed by atoms with Gasteiger partial charge in [-0.1, -0.05) is 0 Å². The minimum Gasteiger partial charge on any atom is -0.550 e. The first-order chi connectivity index (χ1) is 9.22. The van der Waals surface area contributed by atoms with E-state index in [-0.39, 0.29) is 36.0 Å². The molecule has 6 nitrogen and oxygen atoms in total. The molecule has 0 unspecified atom stereocenters. The Kier molecular flexibility index (Phi) is 11.1. The molecule has 0 fully saturated rings. The first kappa shape index (κ1) is 18.9. The van der Waals surface area contributed by atoms with Gasteiger partial charge in [-0.2, -0.15) is 0 Å². The van der Waals surface area contributed by atoms with Crippen molar-refractivity contribution < 1.29 is 49.4 Å². The first-order valence-corrected chi connectivity index (χ1v) is 6.07. The second-order valence-electron chi connectivity index (χ2n) is 3.91. The van der Waals surface area contributed by atoms with Gasteiger partial charge in [0.1, 0.15) is 12.1 Å². The van der Waals surface area contributed by atoms with E-state index in [9.17, 15) is 9.90 Å². The number of benzene rings is 1. The molecule has 1 rings (SSSR count). The Morgan fingerprint density at radius 2 is 2.00 bits per heavy atom. The minimum absolute atomic E-state index is 0. The maximum atomic E-state index is 10.2. The number of carboxylic acids is 1. The number of carboxylic acid groups (broad SMARTS) is 1. The van der Waals surface area contributed by atoms with Crippen LogP contribution in [-0.2, 0) is 4.79 Å². The zero-order valence-electron chi connectivity index (χ0n) is 11.5. The predicted octanol–water partition coefficient (Wildman–Crippen LogP) is -1.98. The molecule has 1 aromatic carbocycles. The van der Waals surface area contributed by atoms with E-state index in [0.29, 0.717) is 18.7 Å². The fraction of sp³-hybridized carbons (Fsp3) is 0.385. The number of rotatable bonds is 9. The number of nitrogens with one attached hydrogen (secondary N) is 1. The second-order valence-corrected chi connectivity index (χ2v) is 3.91. The molecule has 0 saturated carbocycles. The van der Waals surface area contributed by atoms with Gasteiger partial charge in [0.2, 0.25) is 0 Å². The van der Waals surface area contributed by atoms with E-state index in [2.05, 4.69) is 4.99 Å². The average molecular weight is 288 g/mol. The van der Waals surface area contributed by atoms with Crippen molar-refractivity contribution in [2.45, 2.75) is 25.7 Å². The number of ether oxygens (including phenoxy) is 1. The largest absolute Gasteiger partial charge is 1.00 e. The van der Waals surface area contributed by atoms with Crippen LogP contribution >= 0.6 is 0 Å². The summed E-state index contributed by atoms with van der Waals surface area (Å²) in [5, 5.41) is 18.5. The van der Waals surface area contributed by atoms with Crippen LogP contribution in [0.25, 0.3) is 0 Å². The Morgan fingerprint density at radius 3 is 2.60 bits per heavy atom. The van der Waals surface area contributed by atoms with Crippen molar-refractivity contribution in [3.63, 3.8) is 0 Å². The molecule has 0 atom stereocenters. The monoisotopic (exact) mass is 288 g/mol. The number of nitrogens with zero attached hydrogens (tertiary/aromatic N) is 1. The van der Waals surface area contributed by atoms with Crippen molar-refractivity contribution in [1.29, 1.82) is 0 Å². The maximum absolute atomic E-state index is 10.2. The Bertz CT molecular complexity index is 409. The molecule has 0 aliphatic heterocycles. The van der Waals surface area contributed by atoms with Crippen LogP contribution in [0.1, 0.15) is 25.7 Å². The van der Waals surface area contributed by atoms with E-state index in [1.807, 2.05) is 5.48 Å². The molecule has 0 spiro atoms. The average Bonchev–Trinajstić information content (AvgIpc) is 2.41. The van der Waals surface area contributed by atoms with Gasteiger partial charge in [-0.25, -0.2) is 4.99 Å². The summed E-state index contributed by atoms with van der Waals surface area (Å²) in [4.78, 5) is 14.1. The number of hydrogen-bond acceptors (Lipinski definition) is 5. The van der Waals surface area contributed by atoms with Gasteiger partial charge in [0.15, 0.2) is 0 Å². The SMILES string of the molecule is O=C([O-])CCCCCOc1ccc(N=CNO)cc1.[Na+]. The van der Waals surface area contributed by atoms with E-state index < -0.39 is 5.97 Å². The van der Waals surface area contributed by atoms with Crippen LogP contribution in [0.4, 0.5) is 5.69 Å². The number of carbonyl (C=O) groups excluding carboxylic acids is 1. The molecule has 20 heavy (non-hydrogen) atoms. The Balaban J connectivity index is 0.00000361. The summed E-state index contributed by atoms with van der Waals surface area (Å²) in [5.74, 6) is -0.273. The van der Waals surface area contributed by atoms with Crippen molar-refractivity contribution >= 4 is 18.0 Å². The summed E-state index contributed by atoms with van der Waals surface area (Å²) in [5.41, 5.74) is 2.52. The molecule has 0 aliphatic carbocycles. The fourth-order valence-corrected chi connectivity index (χ4v) is 1.47. The third kappa shape index (κ3) is 8.92. The van der Waals surface area contributed by atoms with E-state index in [0.717, 1.165) is 18.6 Å². The topological polar surface area (TPSA) is 94.0 Å². The quantitative estimate of drug-likeness (QED) is 0.180. The van der Waals surface area contributed by atoms with Crippen LogP contribution in [0.3, 0.4) is 0 Å². The van der Waals surface area contributed by atoms with Gasteiger partial charge in [0.25, 0.3) is 0 Å². The molecule has 0 bridgehead atoms. The van der Waals surface area contributed by atoms with Crippen molar-refractivity contribution in [3.05, 3.63) is 24.3 Å². The fourth-order valence-electron chi connectivity index (χ4n) is 1.47. The van der Waals surface area contributed by atoms with Gasteiger partial charge < -0.3 is 14.6 Å². The Labute approximate surface area is 140 Å². The second kappa shape index (κ2) is 11.7. The van der Waals surface area contributed by atoms with E-state index >= 15 is 0 Å². The maximum Gasteiger partial charge on any atom is 1.00 e. The molecule has 104 valence electrons. The molecule has 0 amide bonds. The summed E-state index contributed by atoms with van der Waals surface area (Å²) in [6.07, 6.45) is 3.51. The van der Waals surface area contributed by atoms with E-state index in [1.165, 1.54) is 6.34 Å². The van der Waals surface area contributed by atoms with E-state index in [1.54, 1.807) is 24.3 Å². The normalized spacial score (nSPS) is 10.1. The molecule has 0 aliphatic rings. The van der Waals surface area contributed by atoms with Gasteiger partial charge in [-0.3, -0.25) is 10.7 Å². The van der Waals surface area contributed by atoms with Crippen LogP contribution in [0.5, 0.6) is 5.75 Å². The summed E-state index contributed by atoms with van der Waals surface area (Å²) >= 11 is 0. The number of aliphatic carboxylic acids is 1. The van der Waals surface area contributed by atoms with Gasteiger partial charge in [-0.05, 0) is 49.9 Å². The number of hydroxylamine groups is 1. The number of hydrogen-bond donors (Lipinski definition) is 2.